The number of hydrogen-bond acceptors (Lipinski definition) is 4. The summed E-state index contributed by atoms with van der Waals surface area (Å²) in [4.78, 5) is 11.5. The molecule has 0 saturated carbocycles. The Balaban J connectivity index is 2.42. The number of anilines is 1. The highest BCUT2D eigenvalue weighted by Gasteiger charge is 2.36. The summed E-state index contributed by atoms with van der Waals surface area (Å²) in [5.41, 5.74) is 11.1. The predicted molar refractivity (Wildman–Crippen MR) is 76.6 cm³/mol. The molecular weight excluding hydrogens is 302 g/mol. The second kappa shape index (κ2) is 5.59. The molecule has 0 bridgehead atoms. The summed E-state index contributed by atoms with van der Waals surface area (Å²) in [6.45, 7) is 0.276. The van der Waals surface area contributed by atoms with E-state index in [9.17, 15) is 13.2 Å². The maximum absolute atomic E-state index is 12.6. The maximum atomic E-state index is 12.6. The number of nitrogens with two attached hydrogens (primary N) is 2. The van der Waals surface area contributed by atoms with Crippen LogP contribution in [0.1, 0.15) is 19.3 Å². The van der Waals surface area contributed by atoms with Crippen LogP contribution in [0.15, 0.2) is 23.1 Å². The van der Waals surface area contributed by atoms with Gasteiger partial charge in [-0.05, 0) is 31.0 Å². The first-order valence-electron chi connectivity index (χ1n) is 6.20. The molecule has 1 atom stereocenters. The van der Waals surface area contributed by atoms with Crippen LogP contribution in [0.5, 0.6) is 0 Å². The number of primary amides is 1. The molecule has 0 radical (unpaired) electrons. The van der Waals surface area contributed by atoms with Crippen LogP contribution in [-0.2, 0) is 14.8 Å². The lowest BCUT2D eigenvalue weighted by atomic mass is 10.0. The van der Waals surface area contributed by atoms with Crippen LogP contribution in [0.3, 0.4) is 0 Å². The monoisotopic (exact) mass is 317 g/mol. The summed E-state index contributed by atoms with van der Waals surface area (Å²) >= 11 is 5.79. The van der Waals surface area contributed by atoms with Crippen molar-refractivity contribution >= 4 is 33.2 Å². The van der Waals surface area contributed by atoms with Crippen LogP contribution in [0.4, 0.5) is 5.69 Å². The van der Waals surface area contributed by atoms with E-state index in [0.29, 0.717) is 12.8 Å². The molecule has 1 saturated heterocycles. The van der Waals surface area contributed by atoms with Gasteiger partial charge in [0.05, 0.1) is 15.6 Å². The highest BCUT2D eigenvalue weighted by Crippen LogP contribution is 2.28. The first-order valence-corrected chi connectivity index (χ1v) is 8.02. The van der Waals surface area contributed by atoms with Gasteiger partial charge in [0.2, 0.25) is 15.9 Å². The van der Waals surface area contributed by atoms with Gasteiger partial charge in [0, 0.05) is 6.54 Å². The molecule has 1 aliphatic heterocycles. The van der Waals surface area contributed by atoms with Crippen molar-refractivity contribution in [3.63, 3.8) is 0 Å². The van der Waals surface area contributed by atoms with Gasteiger partial charge in [-0.2, -0.15) is 4.31 Å². The molecule has 8 heteroatoms. The number of carbonyl (C=O) groups is 1. The number of halogens is 1. The van der Waals surface area contributed by atoms with Crippen LogP contribution < -0.4 is 11.5 Å². The van der Waals surface area contributed by atoms with Crippen molar-refractivity contribution in [2.75, 3.05) is 12.3 Å². The Morgan fingerprint density at radius 2 is 2.05 bits per heavy atom. The van der Waals surface area contributed by atoms with Crippen LogP contribution in [0.25, 0.3) is 0 Å². The van der Waals surface area contributed by atoms with Crippen molar-refractivity contribution in [3.05, 3.63) is 23.2 Å². The van der Waals surface area contributed by atoms with Gasteiger partial charge in [0.15, 0.2) is 0 Å². The zero-order valence-electron chi connectivity index (χ0n) is 10.8. The van der Waals surface area contributed by atoms with Gasteiger partial charge in [-0.1, -0.05) is 18.0 Å². The van der Waals surface area contributed by atoms with Crippen LogP contribution in [-0.4, -0.2) is 31.2 Å². The number of sulfonamides is 1. The summed E-state index contributed by atoms with van der Waals surface area (Å²) in [6, 6.07) is 3.29. The molecule has 1 unspecified atom stereocenters. The summed E-state index contributed by atoms with van der Waals surface area (Å²) in [7, 11) is -3.80. The first-order chi connectivity index (χ1) is 9.34. The normalized spacial score (nSPS) is 20.8. The molecule has 1 aromatic carbocycles. The molecule has 0 aromatic heterocycles. The molecule has 6 nitrogen and oxygen atoms in total. The summed E-state index contributed by atoms with van der Waals surface area (Å²) in [5.74, 6) is -0.629. The lowest BCUT2D eigenvalue weighted by Gasteiger charge is -2.32. The molecular formula is C12H16ClN3O3S. The van der Waals surface area contributed by atoms with Crippen molar-refractivity contribution < 1.29 is 13.2 Å². The van der Waals surface area contributed by atoms with Crippen molar-refractivity contribution in [2.45, 2.75) is 30.2 Å². The fraction of sp³-hybridized carbons (Fsp3) is 0.417. The minimum Gasteiger partial charge on any atom is -0.397 e. The van der Waals surface area contributed by atoms with Gasteiger partial charge in [-0.3, -0.25) is 4.79 Å². The van der Waals surface area contributed by atoms with Crippen LogP contribution in [0, 0.1) is 0 Å². The lowest BCUT2D eigenvalue weighted by molar-refractivity contribution is -0.122. The van der Waals surface area contributed by atoms with E-state index in [1.54, 1.807) is 0 Å². The quantitative estimate of drug-likeness (QED) is 0.809. The Labute approximate surface area is 122 Å². The molecule has 20 heavy (non-hydrogen) atoms. The average molecular weight is 318 g/mol. The third kappa shape index (κ3) is 2.74. The van der Waals surface area contributed by atoms with Gasteiger partial charge in [0.25, 0.3) is 0 Å². The molecule has 110 valence electrons. The number of nitrogen functional groups attached to an aromatic ring is 1. The highest BCUT2D eigenvalue weighted by molar-refractivity contribution is 7.89. The largest absolute Gasteiger partial charge is 0.397 e. The molecule has 1 amide bonds. The Morgan fingerprint density at radius 1 is 1.35 bits per heavy atom. The zero-order valence-corrected chi connectivity index (χ0v) is 12.3. The highest BCUT2D eigenvalue weighted by atomic mass is 35.5. The molecule has 2 rings (SSSR count). The van der Waals surface area contributed by atoms with Gasteiger partial charge in [-0.25, -0.2) is 8.42 Å². The maximum Gasteiger partial charge on any atom is 0.243 e. The second-order valence-corrected chi connectivity index (χ2v) is 7.01. The van der Waals surface area contributed by atoms with Gasteiger partial charge in [-0.15, -0.1) is 0 Å². The fourth-order valence-corrected chi connectivity index (χ4v) is 4.11. The molecule has 0 aliphatic carbocycles. The van der Waals surface area contributed by atoms with Crippen molar-refractivity contribution in [3.8, 4) is 0 Å². The van der Waals surface area contributed by atoms with E-state index < -0.39 is 22.0 Å². The zero-order chi connectivity index (χ0) is 14.9. The fourth-order valence-electron chi connectivity index (χ4n) is 2.29. The molecule has 4 N–H and O–H groups in total. The van der Waals surface area contributed by atoms with E-state index in [1.807, 2.05) is 0 Å². The molecule has 1 aromatic rings. The van der Waals surface area contributed by atoms with E-state index in [1.165, 1.54) is 18.2 Å². The minimum atomic E-state index is -3.80. The predicted octanol–water partition coefficient (Wildman–Crippen LogP) is 0.951. The third-order valence-corrected chi connectivity index (χ3v) is 5.60. The smallest absolute Gasteiger partial charge is 0.243 e. The molecule has 1 fully saturated rings. The number of rotatable bonds is 3. The van der Waals surface area contributed by atoms with Crippen LogP contribution in [0.2, 0.25) is 5.02 Å². The van der Waals surface area contributed by atoms with E-state index in [4.69, 9.17) is 23.1 Å². The second-order valence-electron chi connectivity index (χ2n) is 4.71. The van der Waals surface area contributed by atoms with E-state index in [2.05, 4.69) is 0 Å². The van der Waals surface area contributed by atoms with E-state index in [0.717, 1.165) is 10.7 Å². The molecule has 1 aliphatic rings. The van der Waals surface area contributed by atoms with E-state index in [-0.39, 0.29) is 22.2 Å². The average Bonchev–Trinajstić information content (AvgIpc) is 2.41. The van der Waals surface area contributed by atoms with Gasteiger partial charge >= 0.3 is 0 Å². The minimum absolute atomic E-state index is 0.0209. The Kier molecular flexibility index (Phi) is 4.22. The Bertz CT molecular complexity index is 633. The summed E-state index contributed by atoms with van der Waals surface area (Å²) in [5, 5.41) is 0.286. The van der Waals surface area contributed by atoms with Crippen LogP contribution >= 0.6 is 11.6 Å². The van der Waals surface area contributed by atoms with E-state index >= 15 is 0 Å². The molecule has 0 spiro atoms. The standard InChI is InChI=1S/C12H16ClN3O3S/c13-9-5-4-8(7-10(9)14)20(18,19)16-6-2-1-3-11(16)12(15)17/h4-5,7,11H,1-3,6,14H2,(H2,15,17). The summed E-state index contributed by atoms with van der Waals surface area (Å²) < 4.78 is 26.3. The number of benzene rings is 1. The first kappa shape index (κ1) is 15.1. The number of hydrogen-bond donors (Lipinski definition) is 2. The number of amides is 1. The van der Waals surface area contributed by atoms with Gasteiger partial charge < -0.3 is 11.5 Å². The number of piperidine rings is 1. The Morgan fingerprint density at radius 3 is 2.65 bits per heavy atom. The van der Waals surface area contributed by atoms with Crippen molar-refractivity contribution in [1.29, 1.82) is 0 Å². The Hall–Kier alpha value is -1.31. The molecule has 1 heterocycles. The van der Waals surface area contributed by atoms with Gasteiger partial charge in [0.1, 0.15) is 6.04 Å². The van der Waals surface area contributed by atoms with Crippen molar-refractivity contribution in [1.82, 2.24) is 4.31 Å². The number of carbonyl (C=O) groups excluding carboxylic acids is 1. The third-order valence-electron chi connectivity index (χ3n) is 3.36. The summed E-state index contributed by atoms with van der Waals surface area (Å²) in [6.07, 6.45) is 1.92. The topological polar surface area (TPSA) is 106 Å². The number of nitrogens with zero attached hydrogens (tertiary/aromatic N) is 1. The SMILES string of the molecule is NC(=O)C1CCCCN1S(=O)(=O)c1ccc(Cl)c(N)c1. The lowest BCUT2D eigenvalue weighted by Crippen LogP contribution is -2.50. The van der Waals surface area contributed by atoms with Crippen molar-refractivity contribution in [2.24, 2.45) is 5.73 Å².